The van der Waals surface area contributed by atoms with Gasteiger partial charge in [-0.25, -0.2) is 0 Å². The number of Topliss-reactive ketones (excluding diaryl/α,β-unsaturated/α-hetero) is 1. The average molecular weight is 346 g/mol. The van der Waals surface area contributed by atoms with Crippen molar-refractivity contribution in [2.45, 2.75) is 51.1 Å². The summed E-state index contributed by atoms with van der Waals surface area (Å²) in [5.74, 6) is 0.729. The highest BCUT2D eigenvalue weighted by molar-refractivity contribution is 7.12. The molecule has 3 heterocycles. The Hall–Kier alpha value is -1.69. The van der Waals surface area contributed by atoms with E-state index in [1.807, 2.05) is 4.90 Å². The molecule has 0 N–H and O–H groups in total. The van der Waals surface area contributed by atoms with Crippen LogP contribution in [-0.4, -0.2) is 52.6 Å². The summed E-state index contributed by atoms with van der Waals surface area (Å²) in [5, 5.41) is 1.76. The largest absolute Gasteiger partial charge is 0.338 e. The molecule has 0 radical (unpaired) electrons. The van der Waals surface area contributed by atoms with Crippen molar-refractivity contribution < 1.29 is 14.4 Å². The van der Waals surface area contributed by atoms with Crippen LogP contribution in [0.5, 0.6) is 0 Å². The Kier molecular flexibility index (Phi) is 3.95. The zero-order valence-electron chi connectivity index (χ0n) is 13.9. The van der Waals surface area contributed by atoms with E-state index in [0.29, 0.717) is 47.3 Å². The second-order valence-electron chi connectivity index (χ2n) is 7.19. The van der Waals surface area contributed by atoms with Crippen LogP contribution in [0.15, 0.2) is 11.4 Å². The molecule has 24 heavy (non-hydrogen) atoms. The number of hydrogen-bond acceptors (Lipinski definition) is 4. The second-order valence-corrected chi connectivity index (χ2v) is 8.11. The molecule has 1 aromatic heterocycles. The zero-order chi connectivity index (χ0) is 16.8. The maximum atomic E-state index is 12.7. The maximum Gasteiger partial charge on any atom is 0.263 e. The van der Waals surface area contributed by atoms with Crippen molar-refractivity contribution in [1.29, 1.82) is 0 Å². The fourth-order valence-electron chi connectivity index (χ4n) is 4.09. The van der Waals surface area contributed by atoms with E-state index in [9.17, 15) is 14.4 Å². The van der Waals surface area contributed by atoms with Crippen molar-refractivity contribution in [3.8, 4) is 0 Å². The molecular formula is C18H22N2O3S. The Morgan fingerprint density at radius 1 is 1.21 bits per heavy atom. The number of fused-ring (bicyclic) bond motifs is 1. The van der Waals surface area contributed by atoms with Crippen molar-refractivity contribution in [2.75, 3.05) is 13.1 Å². The third kappa shape index (κ3) is 2.77. The number of likely N-dealkylation sites (tertiary alicyclic amines) is 2. The summed E-state index contributed by atoms with van der Waals surface area (Å²) >= 11 is 1.35. The predicted molar refractivity (Wildman–Crippen MR) is 91.2 cm³/mol. The van der Waals surface area contributed by atoms with Gasteiger partial charge < -0.3 is 9.80 Å². The summed E-state index contributed by atoms with van der Waals surface area (Å²) in [7, 11) is 0. The normalized spacial score (nSPS) is 27.1. The van der Waals surface area contributed by atoms with Crippen LogP contribution in [0, 0.1) is 5.92 Å². The third-order valence-corrected chi connectivity index (χ3v) is 6.43. The summed E-state index contributed by atoms with van der Waals surface area (Å²) < 4.78 is 0. The lowest BCUT2D eigenvalue weighted by Gasteiger charge is -2.47. The van der Waals surface area contributed by atoms with Gasteiger partial charge in [0.15, 0.2) is 5.78 Å². The number of amides is 2. The molecule has 6 heteroatoms. The van der Waals surface area contributed by atoms with Gasteiger partial charge in [0.1, 0.15) is 0 Å². The van der Waals surface area contributed by atoms with Crippen LogP contribution in [0.3, 0.4) is 0 Å². The Morgan fingerprint density at radius 3 is 2.67 bits per heavy atom. The predicted octanol–water partition coefficient (Wildman–Crippen LogP) is 2.57. The van der Waals surface area contributed by atoms with Crippen molar-refractivity contribution in [2.24, 2.45) is 5.92 Å². The first-order valence-corrected chi connectivity index (χ1v) is 9.62. The summed E-state index contributed by atoms with van der Waals surface area (Å²) in [6.45, 7) is 2.95. The molecule has 2 aliphatic heterocycles. The summed E-state index contributed by atoms with van der Waals surface area (Å²) in [6, 6.07) is 2.49. The van der Waals surface area contributed by atoms with Gasteiger partial charge in [0, 0.05) is 42.5 Å². The van der Waals surface area contributed by atoms with Crippen molar-refractivity contribution in [3.05, 3.63) is 21.9 Å². The highest BCUT2D eigenvalue weighted by Gasteiger charge is 2.45. The van der Waals surface area contributed by atoms with E-state index in [1.54, 1.807) is 11.4 Å². The molecule has 3 fully saturated rings. The molecule has 4 rings (SSSR count). The van der Waals surface area contributed by atoms with Crippen LogP contribution in [0.2, 0.25) is 0 Å². The minimum atomic E-state index is -0.00474. The Morgan fingerprint density at radius 2 is 2.00 bits per heavy atom. The minimum absolute atomic E-state index is 0.00474. The zero-order valence-corrected chi connectivity index (χ0v) is 14.7. The van der Waals surface area contributed by atoms with Gasteiger partial charge in [-0.05, 0) is 44.6 Å². The monoisotopic (exact) mass is 346 g/mol. The lowest BCUT2D eigenvalue weighted by Crippen LogP contribution is -2.57. The van der Waals surface area contributed by atoms with Gasteiger partial charge in [-0.1, -0.05) is 0 Å². The summed E-state index contributed by atoms with van der Waals surface area (Å²) in [5.41, 5.74) is 0.612. The molecule has 0 bridgehead atoms. The number of carbonyl (C=O) groups is 3. The van der Waals surface area contributed by atoms with Crippen LogP contribution >= 0.6 is 11.3 Å². The second kappa shape index (κ2) is 5.99. The average Bonchev–Trinajstić information content (AvgIpc) is 3.28. The van der Waals surface area contributed by atoms with E-state index in [1.165, 1.54) is 18.3 Å². The van der Waals surface area contributed by atoms with E-state index < -0.39 is 0 Å². The molecule has 0 aromatic carbocycles. The van der Waals surface area contributed by atoms with Gasteiger partial charge in [-0.15, -0.1) is 11.3 Å². The van der Waals surface area contributed by atoms with Gasteiger partial charge in [0.25, 0.3) is 5.91 Å². The maximum absolute atomic E-state index is 12.7. The molecule has 128 valence electrons. The highest BCUT2D eigenvalue weighted by atomic mass is 32.1. The molecule has 2 amide bonds. The SMILES string of the molecule is CC(=O)c1csc(C(=O)N2CCC3C(CCC(=O)N3C3CC3)C2)c1. The highest BCUT2D eigenvalue weighted by Crippen LogP contribution is 2.39. The number of hydrogen-bond donors (Lipinski definition) is 0. The minimum Gasteiger partial charge on any atom is -0.338 e. The number of thiophene rings is 1. The van der Waals surface area contributed by atoms with Gasteiger partial charge in [-0.2, -0.15) is 0 Å². The number of carbonyl (C=O) groups excluding carboxylic acids is 3. The van der Waals surface area contributed by atoms with Crippen LogP contribution < -0.4 is 0 Å². The molecular weight excluding hydrogens is 324 g/mol. The van der Waals surface area contributed by atoms with E-state index in [-0.39, 0.29) is 11.7 Å². The van der Waals surface area contributed by atoms with E-state index >= 15 is 0 Å². The van der Waals surface area contributed by atoms with Gasteiger partial charge in [-0.3, -0.25) is 14.4 Å². The van der Waals surface area contributed by atoms with Crippen molar-refractivity contribution >= 4 is 28.9 Å². The Bertz CT molecular complexity index is 694. The van der Waals surface area contributed by atoms with Crippen LogP contribution in [-0.2, 0) is 4.79 Å². The number of rotatable bonds is 3. The molecule has 3 aliphatic rings. The molecule has 1 aliphatic carbocycles. The van der Waals surface area contributed by atoms with Gasteiger partial charge in [0.05, 0.1) is 4.88 Å². The number of nitrogens with zero attached hydrogens (tertiary/aromatic N) is 2. The van der Waals surface area contributed by atoms with Crippen LogP contribution in [0.25, 0.3) is 0 Å². The lowest BCUT2D eigenvalue weighted by molar-refractivity contribution is -0.141. The van der Waals surface area contributed by atoms with E-state index in [2.05, 4.69) is 4.90 Å². The first-order valence-electron chi connectivity index (χ1n) is 8.74. The van der Waals surface area contributed by atoms with Crippen molar-refractivity contribution in [1.82, 2.24) is 9.80 Å². The molecule has 2 saturated heterocycles. The molecule has 2 atom stereocenters. The fraction of sp³-hybridized carbons (Fsp3) is 0.611. The number of piperidine rings is 2. The quantitative estimate of drug-likeness (QED) is 0.791. The first kappa shape index (κ1) is 15.8. The van der Waals surface area contributed by atoms with E-state index in [0.717, 1.165) is 32.2 Å². The molecule has 5 nitrogen and oxygen atoms in total. The van der Waals surface area contributed by atoms with Gasteiger partial charge in [0.2, 0.25) is 5.91 Å². The smallest absolute Gasteiger partial charge is 0.263 e. The number of ketones is 1. The molecule has 1 saturated carbocycles. The summed E-state index contributed by atoms with van der Waals surface area (Å²) in [6.07, 6.45) is 4.66. The molecule has 0 spiro atoms. The van der Waals surface area contributed by atoms with Crippen molar-refractivity contribution in [3.63, 3.8) is 0 Å². The third-order valence-electron chi connectivity index (χ3n) is 5.51. The topological polar surface area (TPSA) is 57.7 Å². The lowest BCUT2D eigenvalue weighted by atomic mass is 9.83. The molecule has 1 aromatic rings. The Labute approximate surface area is 145 Å². The van der Waals surface area contributed by atoms with Crippen LogP contribution in [0.4, 0.5) is 0 Å². The summed E-state index contributed by atoms with van der Waals surface area (Å²) in [4.78, 5) is 41.1. The fourth-order valence-corrected chi connectivity index (χ4v) is 5.01. The van der Waals surface area contributed by atoms with Gasteiger partial charge >= 0.3 is 0 Å². The van der Waals surface area contributed by atoms with Crippen LogP contribution in [0.1, 0.15) is 59.1 Å². The first-order chi connectivity index (χ1) is 11.5. The molecule has 2 unspecified atom stereocenters. The Balaban J connectivity index is 1.46. The van der Waals surface area contributed by atoms with E-state index in [4.69, 9.17) is 0 Å². The standard InChI is InChI=1S/C18H22N2O3S/c1-11(21)13-8-16(24-10-13)18(23)19-7-6-15-12(9-19)2-5-17(22)20(15)14-3-4-14/h8,10,12,14-15H,2-7,9H2,1H3.